The Morgan fingerprint density at radius 3 is 2.53 bits per heavy atom. The first-order valence-corrected chi connectivity index (χ1v) is 6.07. The van der Waals surface area contributed by atoms with Crippen LogP contribution in [0.15, 0.2) is 30.3 Å². The van der Waals surface area contributed by atoms with E-state index in [0.717, 1.165) is 5.56 Å². The highest BCUT2D eigenvalue weighted by molar-refractivity contribution is 9.10. The number of hydrogen-bond acceptors (Lipinski definition) is 3. The standard InChI is InChI=1S/C12H13BrO4/c13-10(6-7-11(14)15)12(16)17-8-9-4-2-1-3-5-9/h1-5,10H,6-8H2,(H,14,15). The molecule has 1 rings (SSSR count). The number of halogens is 1. The van der Waals surface area contributed by atoms with Crippen LogP contribution in [0.5, 0.6) is 0 Å². The number of hydrogen-bond donors (Lipinski definition) is 1. The van der Waals surface area contributed by atoms with Gasteiger partial charge in [-0.15, -0.1) is 0 Å². The molecule has 92 valence electrons. The Morgan fingerprint density at radius 1 is 1.29 bits per heavy atom. The molecular formula is C12H13BrO4. The average molecular weight is 301 g/mol. The fourth-order valence-electron chi connectivity index (χ4n) is 1.19. The molecule has 0 radical (unpaired) electrons. The van der Waals surface area contributed by atoms with Crippen molar-refractivity contribution < 1.29 is 19.4 Å². The van der Waals surface area contributed by atoms with E-state index in [1.807, 2.05) is 30.3 Å². The lowest BCUT2D eigenvalue weighted by Crippen LogP contribution is -2.18. The first-order valence-electron chi connectivity index (χ1n) is 5.16. The Bertz CT molecular complexity index is 377. The molecule has 1 aromatic rings. The third kappa shape index (κ3) is 5.49. The first kappa shape index (κ1) is 13.7. The van der Waals surface area contributed by atoms with Crippen molar-refractivity contribution in [3.8, 4) is 0 Å². The minimum Gasteiger partial charge on any atom is -0.481 e. The van der Waals surface area contributed by atoms with Crippen LogP contribution in [0.1, 0.15) is 18.4 Å². The van der Waals surface area contributed by atoms with Gasteiger partial charge in [-0.1, -0.05) is 46.3 Å². The number of rotatable bonds is 6. The molecule has 0 aromatic heterocycles. The number of carboxylic acid groups (broad SMARTS) is 1. The van der Waals surface area contributed by atoms with Gasteiger partial charge in [0.2, 0.25) is 0 Å². The second kappa shape index (κ2) is 7.06. The van der Waals surface area contributed by atoms with Gasteiger partial charge in [-0.2, -0.15) is 0 Å². The molecular weight excluding hydrogens is 288 g/mol. The second-order valence-electron chi connectivity index (χ2n) is 3.49. The maximum Gasteiger partial charge on any atom is 0.320 e. The molecule has 5 heteroatoms. The number of carboxylic acids is 1. The molecule has 0 aliphatic carbocycles. The molecule has 0 bridgehead atoms. The normalized spacial score (nSPS) is 11.8. The van der Waals surface area contributed by atoms with Crippen LogP contribution in [0.2, 0.25) is 0 Å². The van der Waals surface area contributed by atoms with Gasteiger partial charge >= 0.3 is 11.9 Å². The Morgan fingerprint density at radius 2 is 1.94 bits per heavy atom. The van der Waals surface area contributed by atoms with E-state index in [-0.39, 0.29) is 19.4 Å². The number of aliphatic carboxylic acids is 1. The molecule has 0 spiro atoms. The zero-order chi connectivity index (χ0) is 12.7. The van der Waals surface area contributed by atoms with E-state index in [1.54, 1.807) is 0 Å². The maximum absolute atomic E-state index is 11.5. The summed E-state index contributed by atoms with van der Waals surface area (Å²) in [6.45, 7) is 0.203. The van der Waals surface area contributed by atoms with E-state index in [9.17, 15) is 9.59 Å². The highest BCUT2D eigenvalue weighted by Gasteiger charge is 2.17. The summed E-state index contributed by atoms with van der Waals surface area (Å²) in [6, 6.07) is 9.31. The van der Waals surface area contributed by atoms with Crippen LogP contribution >= 0.6 is 15.9 Å². The van der Waals surface area contributed by atoms with Gasteiger partial charge in [0.15, 0.2) is 0 Å². The van der Waals surface area contributed by atoms with Crippen molar-refractivity contribution in [2.75, 3.05) is 0 Å². The molecule has 0 aliphatic heterocycles. The minimum atomic E-state index is -0.926. The van der Waals surface area contributed by atoms with E-state index in [1.165, 1.54) is 0 Å². The summed E-state index contributed by atoms with van der Waals surface area (Å²) in [7, 11) is 0. The molecule has 0 fully saturated rings. The van der Waals surface area contributed by atoms with Crippen LogP contribution in [0.4, 0.5) is 0 Å². The lowest BCUT2D eigenvalue weighted by atomic mass is 10.2. The molecule has 0 saturated heterocycles. The largest absolute Gasteiger partial charge is 0.481 e. The summed E-state index contributed by atoms with van der Waals surface area (Å²) in [4.78, 5) is 21.2. The molecule has 0 saturated carbocycles. The third-order valence-electron chi connectivity index (χ3n) is 2.09. The number of ether oxygens (including phenoxy) is 1. The number of carbonyl (C=O) groups excluding carboxylic acids is 1. The van der Waals surface area contributed by atoms with E-state index in [0.29, 0.717) is 0 Å². The van der Waals surface area contributed by atoms with Crippen molar-refractivity contribution >= 4 is 27.9 Å². The van der Waals surface area contributed by atoms with Gasteiger partial charge in [0.1, 0.15) is 11.4 Å². The topological polar surface area (TPSA) is 63.6 Å². The number of carbonyl (C=O) groups is 2. The SMILES string of the molecule is O=C(O)CCC(Br)C(=O)OCc1ccccc1. The molecule has 1 atom stereocenters. The van der Waals surface area contributed by atoms with Crippen molar-refractivity contribution in [1.29, 1.82) is 0 Å². The van der Waals surface area contributed by atoms with Crippen molar-refractivity contribution in [2.24, 2.45) is 0 Å². The Kier molecular flexibility index (Phi) is 5.69. The summed E-state index contributed by atoms with van der Waals surface area (Å²) in [5.74, 6) is -1.36. The smallest absolute Gasteiger partial charge is 0.320 e. The van der Waals surface area contributed by atoms with Crippen molar-refractivity contribution in [2.45, 2.75) is 24.3 Å². The fraction of sp³-hybridized carbons (Fsp3) is 0.333. The molecule has 4 nitrogen and oxygen atoms in total. The van der Waals surface area contributed by atoms with Crippen LogP contribution in [-0.4, -0.2) is 21.9 Å². The van der Waals surface area contributed by atoms with E-state index >= 15 is 0 Å². The van der Waals surface area contributed by atoms with Gasteiger partial charge in [-0.25, -0.2) is 0 Å². The van der Waals surface area contributed by atoms with E-state index in [2.05, 4.69) is 15.9 Å². The highest BCUT2D eigenvalue weighted by atomic mass is 79.9. The van der Waals surface area contributed by atoms with Gasteiger partial charge in [0, 0.05) is 6.42 Å². The van der Waals surface area contributed by atoms with Gasteiger partial charge < -0.3 is 9.84 Å². The predicted molar refractivity (Wildman–Crippen MR) is 65.8 cm³/mol. The highest BCUT2D eigenvalue weighted by Crippen LogP contribution is 2.11. The van der Waals surface area contributed by atoms with Crippen LogP contribution in [0.25, 0.3) is 0 Å². The molecule has 1 unspecified atom stereocenters. The third-order valence-corrected chi connectivity index (χ3v) is 2.92. The summed E-state index contributed by atoms with van der Waals surface area (Å²) in [5.41, 5.74) is 0.902. The zero-order valence-corrected chi connectivity index (χ0v) is 10.7. The molecule has 0 amide bonds. The Balaban J connectivity index is 2.32. The van der Waals surface area contributed by atoms with Crippen LogP contribution in [0.3, 0.4) is 0 Å². The summed E-state index contributed by atoms with van der Waals surface area (Å²) >= 11 is 3.11. The van der Waals surface area contributed by atoms with Gasteiger partial charge in [0.25, 0.3) is 0 Å². The van der Waals surface area contributed by atoms with Gasteiger partial charge in [-0.3, -0.25) is 9.59 Å². The van der Waals surface area contributed by atoms with Crippen LogP contribution < -0.4 is 0 Å². The predicted octanol–water partition coefficient (Wildman–Crippen LogP) is 2.36. The first-order chi connectivity index (χ1) is 8.09. The second-order valence-corrected chi connectivity index (χ2v) is 4.60. The fourth-order valence-corrected chi connectivity index (χ4v) is 1.55. The van der Waals surface area contributed by atoms with Crippen molar-refractivity contribution in [1.82, 2.24) is 0 Å². The molecule has 17 heavy (non-hydrogen) atoms. The molecule has 0 aliphatic rings. The summed E-state index contributed by atoms with van der Waals surface area (Å²) < 4.78 is 5.04. The number of alkyl halides is 1. The van der Waals surface area contributed by atoms with E-state index in [4.69, 9.17) is 9.84 Å². The lowest BCUT2D eigenvalue weighted by Gasteiger charge is -2.09. The summed E-state index contributed by atoms with van der Waals surface area (Å²) in [6.07, 6.45) is 0.166. The Labute approximate surface area is 108 Å². The average Bonchev–Trinajstić information content (AvgIpc) is 2.34. The maximum atomic E-state index is 11.5. The summed E-state index contributed by atoms with van der Waals surface area (Å²) in [5, 5.41) is 8.48. The molecule has 0 heterocycles. The number of benzene rings is 1. The van der Waals surface area contributed by atoms with Crippen LogP contribution in [-0.2, 0) is 20.9 Å². The van der Waals surface area contributed by atoms with Crippen molar-refractivity contribution in [3.05, 3.63) is 35.9 Å². The number of esters is 1. The molecule has 1 N–H and O–H groups in total. The molecule has 1 aromatic carbocycles. The lowest BCUT2D eigenvalue weighted by molar-refractivity contribution is -0.144. The minimum absolute atomic E-state index is 0.0592. The quantitative estimate of drug-likeness (QED) is 0.647. The van der Waals surface area contributed by atoms with E-state index < -0.39 is 16.8 Å². The monoisotopic (exact) mass is 300 g/mol. The van der Waals surface area contributed by atoms with Crippen molar-refractivity contribution in [3.63, 3.8) is 0 Å². The Hall–Kier alpha value is -1.36. The van der Waals surface area contributed by atoms with Gasteiger partial charge in [0.05, 0.1) is 0 Å². The zero-order valence-electron chi connectivity index (χ0n) is 9.14. The van der Waals surface area contributed by atoms with Crippen LogP contribution in [0, 0.1) is 0 Å². The van der Waals surface area contributed by atoms with Gasteiger partial charge in [-0.05, 0) is 12.0 Å².